The first-order valence-electron chi connectivity index (χ1n) is 4.12. The van der Waals surface area contributed by atoms with Crippen LogP contribution in [0.4, 0.5) is 0 Å². The number of amides is 1. The van der Waals surface area contributed by atoms with Crippen molar-refractivity contribution in [3.8, 4) is 6.07 Å². The van der Waals surface area contributed by atoms with E-state index in [0.717, 1.165) is 11.1 Å². The summed E-state index contributed by atoms with van der Waals surface area (Å²) in [5.41, 5.74) is 7.28. The SMILES string of the molecule is Cc1ccc(C=CC(N)=O)cc1C#N. The molecular formula is C11H10N2O. The average molecular weight is 186 g/mol. The van der Waals surface area contributed by atoms with Crippen LogP contribution < -0.4 is 5.73 Å². The number of carbonyl (C=O) groups excluding carboxylic acids is 1. The predicted molar refractivity (Wildman–Crippen MR) is 54.1 cm³/mol. The van der Waals surface area contributed by atoms with Gasteiger partial charge < -0.3 is 5.73 Å². The van der Waals surface area contributed by atoms with Gasteiger partial charge in [-0.3, -0.25) is 4.79 Å². The van der Waals surface area contributed by atoms with Gasteiger partial charge in [-0.15, -0.1) is 0 Å². The Morgan fingerprint density at radius 3 is 2.86 bits per heavy atom. The van der Waals surface area contributed by atoms with E-state index in [1.54, 1.807) is 12.1 Å². The molecule has 2 N–H and O–H groups in total. The van der Waals surface area contributed by atoms with Crippen molar-refractivity contribution in [3.05, 3.63) is 41.0 Å². The van der Waals surface area contributed by atoms with Gasteiger partial charge in [0.2, 0.25) is 5.91 Å². The molecule has 14 heavy (non-hydrogen) atoms. The Bertz CT molecular complexity index is 427. The third-order valence-corrected chi connectivity index (χ3v) is 1.82. The van der Waals surface area contributed by atoms with Crippen molar-refractivity contribution < 1.29 is 4.79 Å². The Morgan fingerprint density at radius 2 is 2.29 bits per heavy atom. The molecule has 0 saturated carbocycles. The first-order chi connectivity index (χ1) is 6.63. The fourth-order valence-electron chi connectivity index (χ4n) is 1.04. The van der Waals surface area contributed by atoms with Gasteiger partial charge in [-0.1, -0.05) is 12.1 Å². The third-order valence-electron chi connectivity index (χ3n) is 1.82. The largest absolute Gasteiger partial charge is 0.366 e. The van der Waals surface area contributed by atoms with Gasteiger partial charge in [-0.05, 0) is 30.2 Å². The molecule has 1 aromatic carbocycles. The summed E-state index contributed by atoms with van der Waals surface area (Å²) in [7, 11) is 0. The van der Waals surface area contributed by atoms with Crippen molar-refractivity contribution in [2.75, 3.05) is 0 Å². The van der Waals surface area contributed by atoms with Crippen LogP contribution >= 0.6 is 0 Å². The highest BCUT2D eigenvalue weighted by Crippen LogP contribution is 2.11. The van der Waals surface area contributed by atoms with E-state index in [4.69, 9.17) is 11.0 Å². The summed E-state index contributed by atoms with van der Waals surface area (Å²) in [6.07, 6.45) is 2.86. The monoisotopic (exact) mass is 186 g/mol. The van der Waals surface area contributed by atoms with Gasteiger partial charge in [0.1, 0.15) is 0 Å². The Hall–Kier alpha value is -2.08. The van der Waals surface area contributed by atoms with Crippen LogP contribution in [0.25, 0.3) is 6.08 Å². The minimum Gasteiger partial charge on any atom is -0.366 e. The standard InChI is InChI=1S/C11H10N2O/c1-8-2-3-9(4-5-11(13)14)6-10(8)7-12/h2-6H,1H3,(H2,13,14). The van der Waals surface area contributed by atoms with Crippen molar-refractivity contribution in [2.45, 2.75) is 6.92 Å². The quantitative estimate of drug-likeness (QED) is 0.708. The van der Waals surface area contributed by atoms with Crippen molar-refractivity contribution in [1.82, 2.24) is 0 Å². The summed E-state index contributed by atoms with van der Waals surface area (Å²) in [6.45, 7) is 1.86. The van der Waals surface area contributed by atoms with Crippen molar-refractivity contribution in [3.63, 3.8) is 0 Å². The molecule has 1 rings (SSSR count). The van der Waals surface area contributed by atoms with Gasteiger partial charge in [0.25, 0.3) is 0 Å². The molecule has 0 radical (unpaired) electrons. The minimum atomic E-state index is -0.496. The molecule has 0 aliphatic rings. The predicted octanol–water partition coefficient (Wildman–Crippen LogP) is 1.37. The van der Waals surface area contributed by atoms with E-state index in [1.165, 1.54) is 6.08 Å². The number of hydrogen-bond donors (Lipinski definition) is 1. The summed E-state index contributed by atoms with van der Waals surface area (Å²) in [6, 6.07) is 7.45. The zero-order valence-corrected chi connectivity index (χ0v) is 7.82. The Morgan fingerprint density at radius 1 is 1.57 bits per heavy atom. The highest BCUT2D eigenvalue weighted by atomic mass is 16.1. The Kier molecular flexibility index (Phi) is 3.03. The summed E-state index contributed by atoms with van der Waals surface area (Å²) < 4.78 is 0. The van der Waals surface area contributed by atoms with Gasteiger partial charge >= 0.3 is 0 Å². The third kappa shape index (κ3) is 2.46. The molecule has 3 heteroatoms. The molecule has 0 aliphatic carbocycles. The molecule has 3 nitrogen and oxygen atoms in total. The molecule has 1 amide bonds. The number of primary amides is 1. The molecule has 0 fully saturated rings. The molecule has 0 unspecified atom stereocenters. The normalized spacial score (nSPS) is 10.0. The van der Waals surface area contributed by atoms with Crippen LogP contribution in [0, 0.1) is 18.3 Å². The number of hydrogen-bond acceptors (Lipinski definition) is 2. The van der Waals surface area contributed by atoms with Gasteiger partial charge in [0, 0.05) is 6.08 Å². The van der Waals surface area contributed by atoms with Crippen LogP contribution in [0.15, 0.2) is 24.3 Å². The number of carbonyl (C=O) groups is 1. The van der Waals surface area contributed by atoms with E-state index in [1.807, 2.05) is 19.1 Å². The number of nitrogens with two attached hydrogens (primary N) is 1. The molecule has 0 heterocycles. The molecule has 0 aromatic heterocycles. The number of benzene rings is 1. The number of nitrogens with zero attached hydrogens (tertiary/aromatic N) is 1. The Labute approximate surface area is 82.5 Å². The van der Waals surface area contributed by atoms with Gasteiger partial charge in [-0.2, -0.15) is 5.26 Å². The first kappa shape index (κ1) is 10.0. The zero-order chi connectivity index (χ0) is 10.6. The van der Waals surface area contributed by atoms with E-state index >= 15 is 0 Å². The summed E-state index contributed by atoms with van der Waals surface area (Å²) in [4.78, 5) is 10.5. The van der Waals surface area contributed by atoms with Crippen LogP contribution in [0.3, 0.4) is 0 Å². The van der Waals surface area contributed by atoms with E-state index in [9.17, 15) is 4.79 Å². The molecule has 70 valence electrons. The van der Waals surface area contributed by atoms with Crippen LogP contribution in [0.2, 0.25) is 0 Å². The summed E-state index contributed by atoms with van der Waals surface area (Å²) in [5.74, 6) is -0.496. The van der Waals surface area contributed by atoms with Gasteiger partial charge in [0.05, 0.1) is 11.6 Å². The molecule has 0 spiro atoms. The van der Waals surface area contributed by atoms with E-state index < -0.39 is 5.91 Å². The molecule has 0 saturated heterocycles. The first-order valence-corrected chi connectivity index (χ1v) is 4.12. The number of nitriles is 1. The highest BCUT2D eigenvalue weighted by molar-refractivity contribution is 5.90. The van der Waals surface area contributed by atoms with Crippen LogP contribution in [0.5, 0.6) is 0 Å². The maximum atomic E-state index is 10.5. The fourth-order valence-corrected chi connectivity index (χ4v) is 1.04. The maximum Gasteiger partial charge on any atom is 0.241 e. The summed E-state index contributed by atoms with van der Waals surface area (Å²) >= 11 is 0. The lowest BCUT2D eigenvalue weighted by Crippen LogP contribution is -2.05. The minimum absolute atomic E-state index is 0.496. The van der Waals surface area contributed by atoms with E-state index in [2.05, 4.69) is 6.07 Å². The molecule has 1 aromatic rings. The van der Waals surface area contributed by atoms with Crippen molar-refractivity contribution >= 4 is 12.0 Å². The second-order valence-electron chi connectivity index (χ2n) is 2.92. The van der Waals surface area contributed by atoms with Crippen LogP contribution in [-0.2, 0) is 4.79 Å². The number of rotatable bonds is 2. The lowest BCUT2D eigenvalue weighted by molar-refractivity contribution is -0.113. The molecule has 0 atom stereocenters. The Balaban J connectivity index is 3.03. The average Bonchev–Trinajstić information content (AvgIpc) is 2.16. The van der Waals surface area contributed by atoms with E-state index in [0.29, 0.717) is 5.56 Å². The van der Waals surface area contributed by atoms with Crippen LogP contribution in [0.1, 0.15) is 16.7 Å². The molecular weight excluding hydrogens is 176 g/mol. The number of aryl methyl sites for hydroxylation is 1. The van der Waals surface area contributed by atoms with Gasteiger partial charge in [0.15, 0.2) is 0 Å². The van der Waals surface area contributed by atoms with Crippen molar-refractivity contribution in [1.29, 1.82) is 5.26 Å². The maximum absolute atomic E-state index is 10.5. The van der Waals surface area contributed by atoms with Crippen molar-refractivity contribution in [2.24, 2.45) is 5.73 Å². The lowest BCUT2D eigenvalue weighted by Gasteiger charge is -1.97. The van der Waals surface area contributed by atoms with Crippen LogP contribution in [-0.4, -0.2) is 5.91 Å². The molecule has 0 aliphatic heterocycles. The van der Waals surface area contributed by atoms with E-state index in [-0.39, 0.29) is 0 Å². The second kappa shape index (κ2) is 4.24. The highest BCUT2D eigenvalue weighted by Gasteiger charge is 1.96. The topological polar surface area (TPSA) is 66.9 Å². The summed E-state index contributed by atoms with van der Waals surface area (Å²) in [5, 5.41) is 8.75. The smallest absolute Gasteiger partial charge is 0.241 e. The van der Waals surface area contributed by atoms with Gasteiger partial charge in [-0.25, -0.2) is 0 Å². The second-order valence-corrected chi connectivity index (χ2v) is 2.92. The lowest BCUT2D eigenvalue weighted by atomic mass is 10.1. The molecule has 0 bridgehead atoms. The fraction of sp³-hybridized carbons (Fsp3) is 0.0909. The zero-order valence-electron chi connectivity index (χ0n) is 7.82.